The molecule has 0 saturated carbocycles. The molecule has 8 heteroatoms. The van der Waals surface area contributed by atoms with Crippen LogP contribution in [0.1, 0.15) is 47.1 Å². The van der Waals surface area contributed by atoms with E-state index >= 15 is 0 Å². The van der Waals surface area contributed by atoms with Gasteiger partial charge < -0.3 is 4.52 Å². The molecule has 0 fully saturated rings. The van der Waals surface area contributed by atoms with Gasteiger partial charge in [0.25, 0.3) is 5.91 Å². The van der Waals surface area contributed by atoms with E-state index in [0.717, 1.165) is 6.07 Å². The largest absolute Gasteiger partial charge is 0.418 e. The molecule has 0 bridgehead atoms. The van der Waals surface area contributed by atoms with Gasteiger partial charge in [0, 0.05) is 5.92 Å². The van der Waals surface area contributed by atoms with Gasteiger partial charge in [-0.1, -0.05) is 31.1 Å². The number of hydrogen-bond acceptors (Lipinski definition) is 4. The third-order valence-corrected chi connectivity index (χ3v) is 3.18. The number of nitrogens with one attached hydrogen (secondary N) is 2. The molecule has 0 saturated heterocycles. The van der Waals surface area contributed by atoms with Crippen molar-refractivity contribution in [3.8, 4) is 0 Å². The van der Waals surface area contributed by atoms with Gasteiger partial charge in [0.1, 0.15) is 5.56 Å². The van der Waals surface area contributed by atoms with Crippen molar-refractivity contribution in [2.45, 2.75) is 32.9 Å². The Kier molecular flexibility index (Phi) is 4.63. The lowest BCUT2D eigenvalue weighted by atomic mass is 10.0. The van der Waals surface area contributed by atoms with Gasteiger partial charge in [0.15, 0.2) is 5.76 Å². The summed E-state index contributed by atoms with van der Waals surface area (Å²) in [5.41, 5.74) is 4.05. The number of hydrazine groups is 1. The summed E-state index contributed by atoms with van der Waals surface area (Å²) in [4.78, 5) is 12.2. The van der Waals surface area contributed by atoms with E-state index in [4.69, 9.17) is 4.52 Å². The van der Waals surface area contributed by atoms with Crippen LogP contribution in [0, 0.1) is 6.92 Å². The normalized spacial score (nSPS) is 11.6. The van der Waals surface area contributed by atoms with Crippen LogP contribution < -0.4 is 10.9 Å². The molecule has 1 amide bonds. The predicted molar refractivity (Wildman–Crippen MR) is 77.9 cm³/mol. The Balaban J connectivity index is 2.20. The van der Waals surface area contributed by atoms with Crippen LogP contribution >= 0.6 is 0 Å². The second-order valence-electron chi connectivity index (χ2n) is 5.28. The minimum atomic E-state index is -4.52. The third-order valence-electron chi connectivity index (χ3n) is 3.18. The van der Waals surface area contributed by atoms with Crippen molar-refractivity contribution >= 4 is 11.6 Å². The van der Waals surface area contributed by atoms with Gasteiger partial charge in [-0.2, -0.15) is 13.2 Å². The number of halogens is 3. The van der Waals surface area contributed by atoms with E-state index < -0.39 is 17.6 Å². The Hall–Kier alpha value is -2.51. The highest BCUT2D eigenvalue weighted by Crippen LogP contribution is 2.34. The number of amides is 1. The first-order valence-corrected chi connectivity index (χ1v) is 6.90. The topological polar surface area (TPSA) is 67.2 Å². The number of rotatable bonds is 4. The second kappa shape index (κ2) is 6.31. The Morgan fingerprint density at radius 2 is 1.91 bits per heavy atom. The van der Waals surface area contributed by atoms with Crippen LogP contribution in [0.5, 0.6) is 0 Å². The average molecular weight is 327 g/mol. The SMILES string of the molecule is Cc1noc(C(C)C)c1C(=O)NNc1ccccc1C(F)(F)F. The zero-order valence-electron chi connectivity index (χ0n) is 12.8. The Morgan fingerprint density at radius 3 is 2.52 bits per heavy atom. The smallest absolute Gasteiger partial charge is 0.360 e. The molecule has 0 spiro atoms. The predicted octanol–water partition coefficient (Wildman–Crippen LogP) is 3.88. The molecule has 0 aliphatic rings. The molecule has 0 unspecified atom stereocenters. The molecule has 0 atom stereocenters. The van der Waals surface area contributed by atoms with Crippen LogP contribution in [0.3, 0.4) is 0 Å². The number of carbonyl (C=O) groups excluding carboxylic acids is 1. The Morgan fingerprint density at radius 1 is 1.26 bits per heavy atom. The van der Waals surface area contributed by atoms with Crippen LogP contribution in [0.2, 0.25) is 0 Å². The summed E-state index contributed by atoms with van der Waals surface area (Å²) in [5, 5.41) is 3.73. The standard InChI is InChI=1S/C15H16F3N3O2/c1-8(2)13-12(9(3)21-23-13)14(22)20-19-11-7-5-4-6-10(11)15(16,17)18/h4-8,19H,1-3H3,(H,20,22). The van der Waals surface area contributed by atoms with Crippen LogP contribution in [0.4, 0.5) is 18.9 Å². The second-order valence-corrected chi connectivity index (χ2v) is 5.28. The van der Waals surface area contributed by atoms with E-state index in [-0.39, 0.29) is 17.2 Å². The highest BCUT2D eigenvalue weighted by atomic mass is 19.4. The quantitative estimate of drug-likeness (QED) is 0.836. The highest BCUT2D eigenvalue weighted by Gasteiger charge is 2.33. The first-order chi connectivity index (χ1) is 10.7. The van der Waals surface area contributed by atoms with Crippen LogP contribution in [0.25, 0.3) is 0 Å². The van der Waals surface area contributed by atoms with Gasteiger partial charge in [-0.3, -0.25) is 15.6 Å². The molecule has 0 aliphatic carbocycles. The van der Waals surface area contributed by atoms with Crippen molar-refractivity contribution in [2.75, 3.05) is 5.43 Å². The van der Waals surface area contributed by atoms with Crippen molar-refractivity contribution in [2.24, 2.45) is 0 Å². The van der Waals surface area contributed by atoms with E-state index in [1.807, 2.05) is 13.8 Å². The molecule has 2 aromatic rings. The van der Waals surface area contributed by atoms with Gasteiger partial charge in [-0.05, 0) is 19.1 Å². The summed E-state index contributed by atoms with van der Waals surface area (Å²) in [6, 6.07) is 4.87. The van der Waals surface area contributed by atoms with Crippen molar-refractivity contribution in [3.63, 3.8) is 0 Å². The van der Waals surface area contributed by atoms with E-state index in [9.17, 15) is 18.0 Å². The molecule has 2 N–H and O–H groups in total. The Bertz CT molecular complexity index is 708. The maximum atomic E-state index is 12.9. The number of hydrogen-bond donors (Lipinski definition) is 2. The van der Waals surface area contributed by atoms with Gasteiger partial charge in [0.05, 0.1) is 16.9 Å². The Labute approximate surface area is 130 Å². The summed E-state index contributed by atoms with van der Waals surface area (Å²) < 4.78 is 43.8. The van der Waals surface area contributed by atoms with Crippen LogP contribution in [-0.2, 0) is 6.18 Å². The minimum Gasteiger partial charge on any atom is -0.360 e. The first kappa shape index (κ1) is 16.9. The number of benzene rings is 1. The summed E-state index contributed by atoms with van der Waals surface area (Å²) in [5.74, 6) is -0.310. The molecular formula is C15H16F3N3O2. The van der Waals surface area contributed by atoms with Gasteiger partial charge >= 0.3 is 6.18 Å². The molecule has 1 heterocycles. The fourth-order valence-corrected chi connectivity index (χ4v) is 2.08. The van der Waals surface area contributed by atoms with Gasteiger partial charge in [-0.25, -0.2) is 0 Å². The number of aromatic nitrogens is 1. The fourth-order valence-electron chi connectivity index (χ4n) is 2.08. The van der Waals surface area contributed by atoms with E-state index in [2.05, 4.69) is 16.0 Å². The lowest BCUT2D eigenvalue weighted by Crippen LogP contribution is -2.31. The summed E-state index contributed by atoms with van der Waals surface area (Å²) >= 11 is 0. The van der Waals surface area contributed by atoms with Crippen molar-refractivity contribution in [1.29, 1.82) is 0 Å². The monoisotopic (exact) mass is 327 g/mol. The molecule has 5 nitrogen and oxygen atoms in total. The third kappa shape index (κ3) is 3.64. The number of anilines is 1. The lowest BCUT2D eigenvalue weighted by molar-refractivity contribution is -0.137. The zero-order chi connectivity index (χ0) is 17.2. The van der Waals surface area contributed by atoms with E-state index in [0.29, 0.717) is 11.5 Å². The summed E-state index contributed by atoms with van der Waals surface area (Å²) in [6.07, 6.45) is -4.52. The van der Waals surface area contributed by atoms with E-state index in [1.165, 1.54) is 18.2 Å². The van der Waals surface area contributed by atoms with Crippen molar-refractivity contribution in [1.82, 2.24) is 10.6 Å². The summed E-state index contributed by atoms with van der Waals surface area (Å²) in [6.45, 7) is 5.24. The number of aryl methyl sites for hydroxylation is 1. The molecule has 0 radical (unpaired) electrons. The van der Waals surface area contributed by atoms with Gasteiger partial charge in [0.2, 0.25) is 0 Å². The molecule has 1 aromatic heterocycles. The van der Waals surface area contributed by atoms with Crippen LogP contribution in [0.15, 0.2) is 28.8 Å². The molecule has 23 heavy (non-hydrogen) atoms. The number of nitrogens with zero attached hydrogens (tertiary/aromatic N) is 1. The van der Waals surface area contributed by atoms with Crippen molar-refractivity contribution < 1.29 is 22.5 Å². The first-order valence-electron chi connectivity index (χ1n) is 6.90. The maximum absolute atomic E-state index is 12.9. The molecule has 124 valence electrons. The molecule has 2 rings (SSSR count). The molecule has 0 aliphatic heterocycles. The van der Waals surface area contributed by atoms with Crippen LogP contribution in [-0.4, -0.2) is 11.1 Å². The van der Waals surface area contributed by atoms with Crippen molar-refractivity contribution in [3.05, 3.63) is 46.8 Å². The number of para-hydroxylation sites is 1. The summed E-state index contributed by atoms with van der Waals surface area (Å²) in [7, 11) is 0. The number of carbonyl (C=O) groups is 1. The molecule has 1 aromatic carbocycles. The molecular weight excluding hydrogens is 311 g/mol. The lowest BCUT2D eigenvalue weighted by Gasteiger charge is -2.15. The average Bonchev–Trinajstić information content (AvgIpc) is 2.86. The van der Waals surface area contributed by atoms with E-state index in [1.54, 1.807) is 6.92 Å². The number of alkyl halides is 3. The zero-order valence-corrected chi connectivity index (χ0v) is 12.8. The highest BCUT2D eigenvalue weighted by molar-refractivity contribution is 5.97. The fraction of sp³-hybridized carbons (Fsp3) is 0.333. The minimum absolute atomic E-state index is 0.0839. The maximum Gasteiger partial charge on any atom is 0.418 e. The van der Waals surface area contributed by atoms with Gasteiger partial charge in [-0.15, -0.1) is 0 Å².